The van der Waals surface area contributed by atoms with E-state index in [1.54, 1.807) is 0 Å². The van der Waals surface area contributed by atoms with E-state index < -0.39 is 0 Å². The molecule has 10 rings (SSSR count). The van der Waals surface area contributed by atoms with Crippen molar-refractivity contribution in [2.75, 3.05) is 0 Å². The SMILES string of the molecule is c1ccc(-c2c(-c3cc(-n4c5ccccc5c5ccncc54)cc(-n4c5ccccc5c5ccncc54)c3)nc3ccccn23)cc1. The molecule has 0 unspecified atom stereocenters. The predicted molar refractivity (Wildman–Crippen MR) is 190 cm³/mol. The highest BCUT2D eigenvalue weighted by Gasteiger charge is 2.21. The van der Waals surface area contributed by atoms with Gasteiger partial charge in [-0.15, -0.1) is 0 Å². The van der Waals surface area contributed by atoms with Crippen LogP contribution in [0, 0.1) is 0 Å². The van der Waals surface area contributed by atoms with Gasteiger partial charge in [0.25, 0.3) is 0 Å². The Labute approximate surface area is 269 Å². The third kappa shape index (κ3) is 3.82. The zero-order valence-corrected chi connectivity index (χ0v) is 25.2. The second-order valence-corrected chi connectivity index (χ2v) is 11.8. The highest BCUT2D eigenvalue weighted by atomic mass is 15.0. The maximum absolute atomic E-state index is 5.27. The molecule has 0 aliphatic rings. The van der Waals surface area contributed by atoms with Gasteiger partial charge in [-0.05, 0) is 54.6 Å². The van der Waals surface area contributed by atoms with Gasteiger partial charge in [0.05, 0.1) is 45.8 Å². The molecule has 0 amide bonds. The molecule has 0 bridgehead atoms. The lowest BCUT2D eigenvalue weighted by molar-refractivity contribution is 1.12. The van der Waals surface area contributed by atoms with Gasteiger partial charge in [-0.25, -0.2) is 4.98 Å². The number of hydrogen-bond donors (Lipinski definition) is 0. The first-order valence-corrected chi connectivity index (χ1v) is 15.7. The summed E-state index contributed by atoms with van der Waals surface area (Å²) in [4.78, 5) is 14.4. The fourth-order valence-electron chi connectivity index (χ4n) is 7.25. The van der Waals surface area contributed by atoms with E-state index in [2.05, 4.69) is 151 Å². The smallest absolute Gasteiger partial charge is 0.137 e. The normalized spacial score (nSPS) is 11.8. The van der Waals surface area contributed by atoms with Crippen LogP contribution in [0.15, 0.2) is 158 Å². The number of rotatable bonds is 4. The van der Waals surface area contributed by atoms with Gasteiger partial charge < -0.3 is 9.13 Å². The van der Waals surface area contributed by atoms with E-state index in [9.17, 15) is 0 Å². The number of aromatic nitrogens is 6. The molecule has 0 N–H and O–H groups in total. The molecule has 0 radical (unpaired) electrons. The highest BCUT2D eigenvalue weighted by molar-refractivity contribution is 6.10. The Hall–Kier alpha value is -6.53. The predicted octanol–water partition coefficient (Wildman–Crippen LogP) is 9.65. The minimum absolute atomic E-state index is 0.899. The molecule has 47 heavy (non-hydrogen) atoms. The molecule has 4 aromatic carbocycles. The van der Waals surface area contributed by atoms with Crippen molar-refractivity contribution in [2.24, 2.45) is 0 Å². The molecular weight excluding hydrogens is 576 g/mol. The van der Waals surface area contributed by atoms with Gasteiger partial charge in [-0.3, -0.25) is 14.4 Å². The van der Waals surface area contributed by atoms with Gasteiger partial charge in [-0.1, -0.05) is 72.8 Å². The molecule has 220 valence electrons. The Kier molecular flexibility index (Phi) is 5.48. The molecule has 0 spiro atoms. The minimum atomic E-state index is 0.899. The number of pyridine rings is 3. The van der Waals surface area contributed by atoms with Crippen LogP contribution in [0.3, 0.4) is 0 Å². The van der Waals surface area contributed by atoms with Crippen molar-refractivity contribution in [3.8, 4) is 33.9 Å². The number of para-hydroxylation sites is 2. The Balaban J connectivity index is 1.36. The average molecular weight is 603 g/mol. The third-order valence-corrected chi connectivity index (χ3v) is 9.22. The van der Waals surface area contributed by atoms with Gasteiger partial charge in [-0.2, -0.15) is 0 Å². The lowest BCUT2D eigenvalue weighted by atomic mass is 10.0. The summed E-state index contributed by atoms with van der Waals surface area (Å²) in [6, 6.07) is 44.9. The molecular formula is C41H26N6. The van der Waals surface area contributed by atoms with E-state index in [-0.39, 0.29) is 0 Å². The van der Waals surface area contributed by atoms with Crippen LogP contribution in [0.4, 0.5) is 0 Å². The first kappa shape index (κ1) is 25.8. The van der Waals surface area contributed by atoms with Crippen LogP contribution in [0.25, 0.3) is 83.1 Å². The molecule has 6 heterocycles. The van der Waals surface area contributed by atoms with Crippen molar-refractivity contribution in [2.45, 2.75) is 0 Å². The quantitative estimate of drug-likeness (QED) is 0.202. The van der Waals surface area contributed by atoms with Crippen LogP contribution in [0.1, 0.15) is 0 Å². The number of imidazole rings is 1. The zero-order chi connectivity index (χ0) is 30.9. The molecule has 0 saturated carbocycles. The van der Waals surface area contributed by atoms with Crippen molar-refractivity contribution < 1.29 is 0 Å². The molecule has 0 fully saturated rings. The second-order valence-electron chi connectivity index (χ2n) is 11.8. The summed E-state index contributed by atoms with van der Waals surface area (Å²) in [7, 11) is 0. The fourth-order valence-corrected chi connectivity index (χ4v) is 7.25. The van der Waals surface area contributed by atoms with E-state index in [1.165, 1.54) is 21.5 Å². The molecule has 0 atom stereocenters. The van der Waals surface area contributed by atoms with Gasteiger partial charge in [0, 0.05) is 62.6 Å². The number of hydrogen-bond acceptors (Lipinski definition) is 3. The maximum atomic E-state index is 5.27. The topological polar surface area (TPSA) is 52.9 Å². The van der Waals surface area contributed by atoms with Crippen molar-refractivity contribution in [3.63, 3.8) is 0 Å². The molecule has 6 aromatic heterocycles. The maximum Gasteiger partial charge on any atom is 0.137 e. The Morgan fingerprint density at radius 3 is 1.64 bits per heavy atom. The van der Waals surface area contributed by atoms with E-state index in [4.69, 9.17) is 4.98 Å². The van der Waals surface area contributed by atoms with Crippen LogP contribution >= 0.6 is 0 Å². The van der Waals surface area contributed by atoms with Gasteiger partial charge in [0.15, 0.2) is 0 Å². The summed E-state index contributed by atoms with van der Waals surface area (Å²) in [5, 5.41) is 4.72. The molecule has 6 heteroatoms. The molecule has 10 aromatic rings. The van der Waals surface area contributed by atoms with Crippen molar-refractivity contribution >= 4 is 49.3 Å². The molecule has 0 saturated heterocycles. The largest absolute Gasteiger partial charge is 0.308 e. The molecule has 0 aliphatic heterocycles. The first-order chi connectivity index (χ1) is 23.3. The van der Waals surface area contributed by atoms with Crippen LogP contribution in [-0.2, 0) is 0 Å². The average Bonchev–Trinajstić information content (AvgIpc) is 3.80. The first-order valence-electron chi connectivity index (χ1n) is 15.7. The van der Waals surface area contributed by atoms with E-state index in [0.29, 0.717) is 0 Å². The van der Waals surface area contributed by atoms with Gasteiger partial charge in [0.1, 0.15) is 5.65 Å². The summed E-state index contributed by atoms with van der Waals surface area (Å²) < 4.78 is 6.84. The Morgan fingerprint density at radius 1 is 0.447 bits per heavy atom. The van der Waals surface area contributed by atoms with Gasteiger partial charge >= 0.3 is 0 Å². The highest BCUT2D eigenvalue weighted by Crippen LogP contribution is 2.39. The van der Waals surface area contributed by atoms with Crippen molar-refractivity contribution in [1.29, 1.82) is 0 Å². The Bertz CT molecular complexity index is 2560. The summed E-state index contributed by atoms with van der Waals surface area (Å²) in [6.07, 6.45) is 9.76. The number of benzene rings is 4. The van der Waals surface area contributed by atoms with Crippen LogP contribution < -0.4 is 0 Å². The summed E-state index contributed by atoms with van der Waals surface area (Å²) >= 11 is 0. The standard InChI is InChI=1S/C41H26N6/c1-2-10-27(11-3-1)41-40(44-39-16-8-9-21-45(39)41)28-22-29(46-35-14-6-4-12-31(35)33-17-19-42-25-37(33)46)24-30(23-28)47-36-15-7-5-13-32(36)34-18-20-43-26-38(34)47/h1-26H. The summed E-state index contributed by atoms with van der Waals surface area (Å²) in [6.45, 7) is 0. The fraction of sp³-hybridized carbons (Fsp3) is 0. The zero-order valence-electron chi connectivity index (χ0n) is 25.2. The monoisotopic (exact) mass is 602 g/mol. The van der Waals surface area contributed by atoms with Crippen LogP contribution in [0.2, 0.25) is 0 Å². The number of nitrogens with zero attached hydrogens (tertiary/aromatic N) is 6. The minimum Gasteiger partial charge on any atom is -0.308 e. The van der Waals surface area contributed by atoms with Gasteiger partial charge in [0.2, 0.25) is 0 Å². The summed E-state index contributed by atoms with van der Waals surface area (Å²) in [5.41, 5.74) is 11.4. The van der Waals surface area contributed by atoms with Crippen molar-refractivity contribution in [3.05, 3.63) is 158 Å². The van der Waals surface area contributed by atoms with Crippen LogP contribution in [-0.4, -0.2) is 28.5 Å². The van der Waals surface area contributed by atoms with Crippen LogP contribution in [0.5, 0.6) is 0 Å². The lowest BCUT2D eigenvalue weighted by Crippen LogP contribution is -2.01. The second kappa shape index (κ2) is 9.99. The third-order valence-electron chi connectivity index (χ3n) is 9.22. The van der Waals surface area contributed by atoms with Crippen molar-refractivity contribution in [1.82, 2.24) is 28.5 Å². The Morgan fingerprint density at radius 2 is 1.00 bits per heavy atom. The lowest BCUT2D eigenvalue weighted by Gasteiger charge is -2.15. The van der Waals surface area contributed by atoms with E-state index in [0.717, 1.165) is 61.6 Å². The number of fused-ring (bicyclic) bond motifs is 7. The van der Waals surface area contributed by atoms with E-state index >= 15 is 0 Å². The molecule has 6 nitrogen and oxygen atoms in total. The molecule has 0 aliphatic carbocycles. The summed E-state index contributed by atoms with van der Waals surface area (Å²) in [5.74, 6) is 0. The van der Waals surface area contributed by atoms with E-state index in [1.807, 2.05) is 30.9 Å².